The quantitative estimate of drug-likeness (QED) is 0.316. The zero-order chi connectivity index (χ0) is 31.7. The van der Waals surface area contributed by atoms with E-state index in [0.29, 0.717) is 47.9 Å². The fourth-order valence-electron chi connectivity index (χ4n) is 4.87. The molecular weight excluding hydrogens is 610 g/mol. The molecule has 3 aromatic rings. The Morgan fingerprint density at radius 3 is 2.59 bits per heavy atom. The van der Waals surface area contributed by atoms with E-state index in [1.54, 1.807) is 30.3 Å². The van der Waals surface area contributed by atoms with Gasteiger partial charge in [0, 0.05) is 43.5 Å². The number of aromatic nitrogens is 1. The first-order chi connectivity index (χ1) is 20.8. The van der Waals surface area contributed by atoms with Gasteiger partial charge in [0.15, 0.2) is 0 Å². The average molecular weight is 638 g/mol. The molecule has 3 heterocycles. The maximum absolute atomic E-state index is 13.3. The van der Waals surface area contributed by atoms with Gasteiger partial charge in [0.2, 0.25) is 5.88 Å². The number of ether oxygens (including phenoxy) is 3. The van der Waals surface area contributed by atoms with Crippen LogP contribution < -0.4 is 19.9 Å². The summed E-state index contributed by atoms with van der Waals surface area (Å²) in [5.41, 5.74) is 1.43. The van der Waals surface area contributed by atoms with E-state index in [4.69, 9.17) is 14.1 Å². The van der Waals surface area contributed by atoms with E-state index in [1.807, 2.05) is 6.92 Å². The molecular formula is C28H27F3N3O9P. The number of phosphoric ester groups is 1. The Labute approximate surface area is 249 Å². The normalized spacial score (nSPS) is 17.7. The number of pyridine rings is 1. The third-order valence-corrected chi connectivity index (χ3v) is 7.88. The van der Waals surface area contributed by atoms with Crippen LogP contribution in [0.1, 0.15) is 35.2 Å². The SMILES string of the molecule is COP(=O)(O)ON1C(=O)CC2(CCOCC2)Oc2cc(-c3cc(NC(=O)c4ccnc(OC(F)(F)F)c4)ccc3C)ccc21. The average Bonchev–Trinajstić information content (AvgIpc) is 3.06. The number of carbonyl (C=O) groups excluding carboxylic acids is 2. The summed E-state index contributed by atoms with van der Waals surface area (Å²) in [5.74, 6) is -1.87. The molecule has 2 N–H and O–H groups in total. The van der Waals surface area contributed by atoms with Gasteiger partial charge in [0.25, 0.3) is 11.8 Å². The van der Waals surface area contributed by atoms with Crippen molar-refractivity contribution in [3.05, 3.63) is 65.9 Å². The summed E-state index contributed by atoms with van der Waals surface area (Å²) < 4.78 is 75.4. The molecule has 2 aliphatic heterocycles. The number of hydrogen-bond donors (Lipinski definition) is 2. The van der Waals surface area contributed by atoms with E-state index in [-0.39, 0.29) is 23.4 Å². The molecule has 1 atom stereocenters. The minimum atomic E-state index is -4.96. The number of aryl methyl sites for hydroxylation is 1. The maximum Gasteiger partial charge on any atom is 0.574 e. The van der Waals surface area contributed by atoms with E-state index < -0.39 is 37.5 Å². The highest BCUT2D eigenvalue weighted by molar-refractivity contribution is 7.47. The van der Waals surface area contributed by atoms with Crippen LogP contribution in [0.25, 0.3) is 11.1 Å². The summed E-state index contributed by atoms with van der Waals surface area (Å²) >= 11 is 0. The number of carbonyl (C=O) groups is 2. The molecule has 0 radical (unpaired) electrons. The second kappa shape index (κ2) is 12.2. The van der Waals surface area contributed by atoms with Gasteiger partial charge in [-0.25, -0.2) is 9.55 Å². The Kier molecular flexibility index (Phi) is 8.69. The standard InChI is InChI=1S/C28H27F3N3O9P/c1-17-3-5-20(33-26(36)19-7-10-32-24(14-19)42-28(29,30)31)15-21(17)18-4-6-22-23(13-18)41-27(8-11-40-12-9-27)16-25(35)34(22)43-44(37,38)39-2/h3-7,10,13-15H,8-9,11-12,16H2,1-2H3,(H,33,36)(H,37,38). The fourth-order valence-corrected chi connectivity index (χ4v) is 5.32. The Bertz CT molecular complexity index is 1630. The molecule has 1 spiro atoms. The molecule has 5 rings (SSSR count). The van der Waals surface area contributed by atoms with Crippen LogP contribution in [0.3, 0.4) is 0 Å². The Morgan fingerprint density at radius 1 is 1.14 bits per heavy atom. The van der Waals surface area contributed by atoms with E-state index in [0.717, 1.165) is 24.9 Å². The van der Waals surface area contributed by atoms with Gasteiger partial charge < -0.3 is 24.4 Å². The van der Waals surface area contributed by atoms with Crippen molar-refractivity contribution < 1.29 is 55.6 Å². The largest absolute Gasteiger partial charge is 0.574 e. The zero-order valence-corrected chi connectivity index (χ0v) is 24.3. The van der Waals surface area contributed by atoms with Gasteiger partial charge in [-0.15, -0.1) is 13.2 Å². The van der Waals surface area contributed by atoms with Crippen molar-refractivity contribution in [1.29, 1.82) is 0 Å². The van der Waals surface area contributed by atoms with Gasteiger partial charge in [-0.3, -0.25) is 14.1 Å². The predicted octanol–water partition coefficient (Wildman–Crippen LogP) is 5.55. The molecule has 44 heavy (non-hydrogen) atoms. The predicted molar refractivity (Wildman–Crippen MR) is 149 cm³/mol. The zero-order valence-electron chi connectivity index (χ0n) is 23.4. The molecule has 2 aromatic carbocycles. The van der Waals surface area contributed by atoms with Crippen molar-refractivity contribution in [2.24, 2.45) is 0 Å². The number of rotatable bonds is 7. The van der Waals surface area contributed by atoms with Crippen molar-refractivity contribution in [3.63, 3.8) is 0 Å². The van der Waals surface area contributed by atoms with E-state index in [2.05, 4.69) is 19.6 Å². The summed E-state index contributed by atoms with van der Waals surface area (Å²) in [4.78, 5) is 39.6. The summed E-state index contributed by atoms with van der Waals surface area (Å²) in [6.07, 6.45) is -3.30. The minimum absolute atomic E-state index is 0.0881. The van der Waals surface area contributed by atoms with Crippen LogP contribution in [0.5, 0.6) is 11.6 Å². The number of nitrogens with one attached hydrogen (secondary N) is 1. The van der Waals surface area contributed by atoms with Crippen LogP contribution >= 0.6 is 7.82 Å². The van der Waals surface area contributed by atoms with E-state index in [9.17, 15) is 32.2 Å². The maximum atomic E-state index is 13.3. The molecule has 1 fully saturated rings. The number of amides is 2. The van der Waals surface area contributed by atoms with Gasteiger partial charge in [-0.1, -0.05) is 12.1 Å². The number of phosphoric acid groups is 1. The molecule has 0 aliphatic carbocycles. The molecule has 2 aliphatic rings. The van der Waals surface area contributed by atoms with Crippen LogP contribution in [-0.2, 0) is 23.2 Å². The van der Waals surface area contributed by atoms with Crippen molar-refractivity contribution in [2.45, 2.75) is 38.1 Å². The van der Waals surface area contributed by atoms with Crippen molar-refractivity contribution in [2.75, 3.05) is 30.7 Å². The molecule has 234 valence electrons. The second-order valence-corrected chi connectivity index (χ2v) is 11.6. The first-order valence-electron chi connectivity index (χ1n) is 13.2. The van der Waals surface area contributed by atoms with Gasteiger partial charge in [0.05, 0.1) is 19.6 Å². The lowest BCUT2D eigenvalue weighted by atomic mass is 9.90. The number of nitrogens with zero attached hydrogens (tertiary/aromatic N) is 2. The lowest BCUT2D eigenvalue weighted by molar-refractivity contribution is -0.276. The Balaban J connectivity index is 1.47. The van der Waals surface area contributed by atoms with Gasteiger partial charge in [-0.2, -0.15) is 9.69 Å². The topological polar surface area (TPSA) is 146 Å². The number of hydroxylamine groups is 1. The number of fused-ring (bicyclic) bond motifs is 1. The lowest BCUT2D eigenvalue weighted by Gasteiger charge is -2.35. The molecule has 16 heteroatoms. The number of benzene rings is 2. The summed E-state index contributed by atoms with van der Waals surface area (Å²) in [6.45, 7) is 2.53. The molecule has 2 amide bonds. The number of hydrogen-bond acceptors (Lipinski definition) is 9. The second-order valence-electron chi connectivity index (χ2n) is 10.1. The van der Waals surface area contributed by atoms with Crippen LogP contribution in [0.2, 0.25) is 0 Å². The third kappa shape index (κ3) is 7.20. The molecule has 1 saturated heterocycles. The van der Waals surface area contributed by atoms with Gasteiger partial charge in [-0.05, 0) is 53.9 Å². The molecule has 0 bridgehead atoms. The van der Waals surface area contributed by atoms with Gasteiger partial charge >= 0.3 is 14.2 Å². The molecule has 0 saturated carbocycles. The fraction of sp³-hybridized carbons (Fsp3) is 0.321. The number of alkyl halides is 3. The molecule has 1 aromatic heterocycles. The number of anilines is 2. The lowest BCUT2D eigenvalue weighted by Crippen LogP contribution is -2.44. The Morgan fingerprint density at radius 2 is 1.89 bits per heavy atom. The molecule has 1 unspecified atom stereocenters. The van der Waals surface area contributed by atoms with E-state index in [1.165, 1.54) is 12.1 Å². The molecule has 12 nitrogen and oxygen atoms in total. The smallest absolute Gasteiger partial charge is 0.484 e. The highest BCUT2D eigenvalue weighted by Crippen LogP contribution is 2.49. The highest BCUT2D eigenvalue weighted by atomic mass is 31.2. The summed E-state index contributed by atoms with van der Waals surface area (Å²) in [5, 5.41) is 3.37. The summed E-state index contributed by atoms with van der Waals surface area (Å²) in [6, 6.07) is 11.9. The third-order valence-electron chi connectivity index (χ3n) is 7.05. The van der Waals surface area contributed by atoms with Crippen LogP contribution in [0, 0.1) is 6.92 Å². The van der Waals surface area contributed by atoms with E-state index >= 15 is 0 Å². The van der Waals surface area contributed by atoms with Crippen LogP contribution in [0.4, 0.5) is 24.5 Å². The van der Waals surface area contributed by atoms with Crippen molar-refractivity contribution in [3.8, 4) is 22.8 Å². The first-order valence-corrected chi connectivity index (χ1v) is 14.7. The summed E-state index contributed by atoms with van der Waals surface area (Å²) in [7, 11) is -3.65. The van der Waals surface area contributed by atoms with Crippen LogP contribution in [0.15, 0.2) is 54.7 Å². The minimum Gasteiger partial charge on any atom is -0.484 e. The van der Waals surface area contributed by atoms with Crippen molar-refractivity contribution in [1.82, 2.24) is 4.98 Å². The number of halogens is 3. The highest BCUT2D eigenvalue weighted by Gasteiger charge is 2.44. The van der Waals surface area contributed by atoms with Crippen molar-refractivity contribution >= 4 is 31.0 Å². The Hall–Kier alpha value is -4.01. The van der Waals surface area contributed by atoms with Crippen LogP contribution in [-0.4, -0.2) is 54.0 Å². The first kappa shape index (κ1) is 31.4. The monoisotopic (exact) mass is 637 g/mol. The van der Waals surface area contributed by atoms with Gasteiger partial charge in [0.1, 0.15) is 17.0 Å².